The van der Waals surface area contributed by atoms with Gasteiger partial charge in [-0.3, -0.25) is 4.79 Å². The summed E-state index contributed by atoms with van der Waals surface area (Å²) in [7, 11) is 1.51. The molecule has 0 bridgehead atoms. The molecule has 3 aromatic rings. The van der Waals surface area contributed by atoms with Gasteiger partial charge in [0.1, 0.15) is 6.61 Å². The Morgan fingerprint density at radius 2 is 1.83 bits per heavy atom. The van der Waals surface area contributed by atoms with Gasteiger partial charge in [0.2, 0.25) is 0 Å². The second-order valence-electron chi connectivity index (χ2n) is 7.17. The van der Waals surface area contributed by atoms with Gasteiger partial charge in [0.25, 0.3) is 5.91 Å². The highest BCUT2D eigenvalue weighted by atomic mass is 79.9. The van der Waals surface area contributed by atoms with E-state index in [1.54, 1.807) is 12.1 Å². The normalized spacial score (nSPS) is 11.4. The standard InChI is InChI=1S/C24H20Br2F3N3O3/c1-34-21-10-16(9-20(26)23(21)35-14-15-5-7-18(25)8-6-15)12-31-32-22(33)13-30-19-4-2-3-17(11-19)24(27,28)29/h2-12,30H,13-14H2,1H3,(H,32,33)/b31-12-. The fourth-order valence-electron chi connectivity index (χ4n) is 2.90. The number of nitrogens with zero attached hydrogens (tertiary/aromatic N) is 1. The van der Waals surface area contributed by atoms with Crippen molar-refractivity contribution in [2.24, 2.45) is 5.10 Å². The first-order valence-corrected chi connectivity index (χ1v) is 11.7. The number of carbonyl (C=O) groups excluding carboxylic acids is 1. The fraction of sp³-hybridized carbons (Fsp3) is 0.167. The van der Waals surface area contributed by atoms with Crippen LogP contribution in [0.1, 0.15) is 16.7 Å². The molecule has 0 saturated heterocycles. The number of methoxy groups -OCH3 is 1. The number of nitrogens with one attached hydrogen (secondary N) is 2. The fourth-order valence-corrected chi connectivity index (χ4v) is 3.74. The summed E-state index contributed by atoms with van der Waals surface area (Å²) in [4.78, 5) is 12.0. The van der Waals surface area contributed by atoms with Crippen LogP contribution in [-0.4, -0.2) is 25.8 Å². The van der Waals surface area contributed by atoms with Crippen molar-refractivity contribution in [2.75, 3.05) is 19.0 Å². The molecule has 0 spiro atoms. The molecule has 0 heterocycles. The third-order valence-electron chi connectivity index (χ3n) is 4.59. The summed E-state index contributed by atoms with van der Waals surface area (Å²) >= 11 is 6.86. The van der Waals surface area contributed by atoms with Crippen molar-refractivity contribution in [3.05, 3.63) is 86.3 Å². The van der Waals surface area contributed by atoms with E-state index in [1.165, 1.54) is 25.5 Å². The van der Waals surface area contributed by atoms with Crippen LogP contribution in [0.3, 0.4) is 0 Å². The van der Waals surface area contributed by atoms with Gasteiger partial charge in [-0.2, -0.15) is 18.3 Å². The van der Waals surface area contributed by atoms with Crippen molar-refractivity contribution in [1.82, 2.24) is 5.43 Å². The number of rotatable bonds is 9. The summed E-state index contributed by atoms with van der Waals surface area (Å²) in [5.41, 5.74) is 3.30. The Morgan fingerprint density at radius 3 is 2.51 bits per heavy atom. The van der Waals surface area contributed by atoms with E-state index in [9.17, 15) is 18.0 Å². The molecule has 1 amide bonds. The van der Waals surface area contributed by atoms with Crippen molar-refractivity contribution >= 4 is 49.7 Å². The summed E-state index contributed by atoms with van der Waals surface area (Å²) in [6, 6.07) is 15.8. The van der Waals surface area contributed by atoms with E-state index in [-0.39, 0.29) is 12.2 Å². The first-order valence-electron chi connectivity index (χ1n) is 10.1. The largest absolute Gasteiger partial charge is 0.493 e. The molecule has 35 heavy (non-hydrogen) atoms. The Bertz CT molecular complexity index is 1200. The average Bonchev–Trinajstić information content (AvgIpc) is 2.82. The molecular weight excluding hydrogens is 595 g/mol. The van der Waals surface area contributed by atoms with E-state index in [4.69, 9.17) is 9.47 Å². The zero-order chi connectivity index (χ0) is 25.4. The van der Waals surface area contributed by atoms with E-state index < -0.39 is 17.6 Å². The Morgan fingerprint density at radius 1 is 1.09 bits per heavy atom. The zero-order valence-electron chi connectivity index (χ0n) is 18.3. The Kier molecular flexibility index (Phi) is 9.16. The molecule has 0 aliphatic carbocycles. The molecule has 0 unspecified atom stereocenters. The Balaban J connectivity index is 1.57. The lowest BCUT2D eigenvalue weighted by atomic mass is 10.2. The first-order chi connectivity index (χ1) is 16.7. The van der Waals surface area contributed by atoms with E-state index in [0.29, 0.717) is 28.1 Å². The lowest BCUT2D eigenvalue weighted by Crippen LogP contribution is -2.26. The van der Waals surface area contributed by atoms with Crippen LogP contribution in [0.15, 0.2) is 74.7 Å². The number of anilines is 1. The predicted octanol–water partition coefficient (Wildman–Crippen LogP) is 6.38. The van der Waals surface area contributed by atoms with Crippen molar-refractivity contribution in [2.45, 2.75) is 12.8 Å². The molecule has 0 aliphatic heterocycles. The Hall–Kier alpha value is -3.05. The number of hydrogen-bond acceptors (Lipinski definition) is 5. The molecule has 0 saturated carbocycles. The molecule has 3 aromatic carbocycles. The number of ether oxygens (including phenoxy) is 2. The first kappa shape index (κ1) is 26.6. The van der Waals surface area contributed by atoms with E-state index in [1.807, 2.05) is 24.3 Å². The number of benzene rings is 3. The molecule has 3 rings (SSSR count). The molecule has 11 heteroatoms. The van der Waals surface area contributed by atoms with Crippen molar-refractivity contribution in [3.63, 3.8) is 0 Å². The van der Waals surface area contributed by atoms with Gasteiger partial charge in [-0.05, 0) is 69.5 Å². The van der Waals surface area contributed by atoms with Gasteiger partial charge in [0.15, 0.2) is 11.5 Å². The van der Waals surface area contributed by atoms with Gasteiger partial charge in [0.05, 0.1) is 29.9 Å². The number of carbonyl (C=O) groups is 1. The van der Waals surface area contributed by atoms with Crippen LogP contribution in [-0.2, 0) is 17.6 Å². The number of halogens is 5. The topological polar surface area (TPSA) is 72.0 Å². The van der Waals surface area contributed by atoms with Crippen LogP contribution in [0.5, 0.6) is 11.5 Å². The van der Waals surface area contributed by atoms with Gasteiger partial charge in [-0.25, -0.2) is 5.43 Å². The van der Waals surface area contributed by atoms with Gasteiger partial charge >= 0.3 is 6.18 Å². The van der Waals surface area contributed by atoms with Crippen molar-refractivity contribution in [1.29, 1.82) is 0 Å². The number of hydrogen-bond donors (Lipinski definition) is 2. The molecule has 0 fully saturated rings. The quantitative estimate of drug-likeness (QED) is 0.217. The van der Waals surface area contributed by atoms with Gasteiger partial charge in [-0.1, -0.05) is 34.1 Å². The van der Waals surface area contributed by atoms with Gasteiger partial charge < -0.3 is 14.8 Å². The second-order valence-corrected chi connectivity index (χ2v) is 8.94. The summed E-state index contributed by atoms with van der Waals surface area (Å²) in [5.74, 6) is 0.455. The predicted molar refractivity (Wildman–Crippen MR) is 135 cm³/mol. The SMILES string of the molecule is COc1cc(/C=N\NC(=O)CNc2cccc(C(F)(F)F)c2)cc(Br)c1OCc1ccc(Br)cc1. The minimum absolute atomic E-state index is 0.173. The average molecular weight is 615 g/mol. The van der Waals surface area contributed by atoms with Crippen LogP contribution in [0.4, 0.5) is 18.9 Å². The summed E-state index contributed by atoms with van der Waals surface area (Å²) < 4.78 is 51.3. The minimum Gasteiger partial charge on any atom is -0.493 e. The van der Waals surface area contributed by atoms with Crippen LogP contribution in [0, 0.1) is 0 Å². The zero-order valence-corrected chi connectivity index (χ0v) is 21.5. The molecule has 184 valence electrons. The molecule has 0 aromatic heterocycles. The lowest BCUT2D eigenvalue weighted by molar-refractivity contribution is -0.137. The maximum atomic E-state index is 12.8. The number of amides is 1. The highest BCUT2D eigenvalue weighted by molar-refractivity contribution is 9.10. The molecule has 0 radical (unpaired) electrons. The minimum atomic E-state index is -4.46. The number of alkyl halides is 3. The Labute approximate surface area is 216 Å². The second kappa shape index (κ2) is 12.1. The van der Waals surface area contributed by atoms with Gasteiger partial charge in [0, 0.05) is 10.2 Å². The molecular formula is C24H20Br2F3N3O3. The highest BCUT2D eigenvalue weighted by Gasteiger charge is 2.30. The van der Waals surface area contributed by atoms with Gasteiger partial charge in [-0.15, -0.1) is 0 Å². The van der Waals surface area contributed by atoms with E-state index >= 15 is 0 Å². The molecule has 2 N–H and O–H groups in total. The summed E-state index contributed by atoms with van der Waals surface area (Å²) in [6.45, 7) is 0.0825. The molecule has 0 aliphatic rings. The maximum absolute atomic E-state index is 12.8. The van der Waals surface area contributed by atoms with Crippen LogP contribution < -0.4 is 20.2 Å². The highest BCUT2D eigenvalue weighted by Crippen LogP contribution is 2.37. The third-order valence-corrected chi connectivity index (χ3v) is 5.71. The molecule has 6 nitrogen and oxygen atoms in total. The summed E-state index contributed by atoms with van der Waals surface area (Å²) in [5, 5.41) is 6.53. The maximum Gasteiger partial charge on any atom is 0.416 e. The third kappa shape index (κ3) is 8.00. The van der Waals surface area contributed by atoms with Crippen LogP contribution >= 0.6 is 31.9 Å². The smallest absolute Gasteiger partial charge is 0.416 e. The van der Waals surface area contributed by atoms with E-state index in [0.717, 1.165) is 22.2 Å². The van der Waals surface area contributed by atoms with E-state index in [2.05, 4.69) is 47.7 Å². The van der Waals surface area contributed by atoms with Crippen LogP contribution in [0.25, 0.3) is 0 Å². The molecule has 0 atom stereocenters. The van der Waals surface area contributed by atoms with Crippen molar-refractivity contribution in [3.8, 4) is 11.5 Å². The monoisotopic (exact) mass is 613 g/mol. The number of hydrazone groups is 1. The van der Waals surface area contributed by atoms with Crippen LogP contribution in [0.2, 0.25) is 0 Å². The summed E-state index contributed by atoms with van der Waals surface area (Å²) in [6.07, 6.45) is -3.05. The van der Waals surface area contributed by atoms with Crippen molar-refractivity contribution < 1.29 is 27.4 Å². The lowest BCUT2D eigenvalue weighted by Gasteiger charge is -2.13.